The van der Waals surface area contributed by atoms with E-state index in [-0.39, 0.29) is 5.91 Å². The number of hydrogen-bond donors (Lipinski definition) is 2. The summed E-state index contributed by atoms with van der Waals surface area (Å²) in [6, 6.07) is 5.62. The number of benzene rings is 1. The fourth-order valence-corrected chi connectivity index (χ4v) is 2.03. The molecule has 0 radical (unpaired) electrons. The summed E-state index contributed by atoms with van der Waals surface area (Å²) in [5.41, 5.74) is 0.290. The van der Waals surface area contributed by atoms with Gasteiger partial charge >= 0.3 is 0 Å². The maximum Gasteiger partial charge on any atom is 0.248 e. The molecule has 0 bridgehead atoms. The molecule has 5 nitrogen and oxygen atoms in total. The molecule has 0 unspecified atom stereocenters. The van der Waals surface area contributed by atoms with Crippen LogP contribution in [0, 0.1) is 12.7 Å². The zero-order valence-corrected chi connectivity index (χ0v) is 11.3. The number of anilines is 2. The quantitative estimate of drug-likeness (QED) is 0.902. The lowest BCUT2D eigenvalue weighted by Crippen LogP contribution is -2.32. The normalized spacial score (nSPS) is 11.9. The second kappa shape index (κ2) is 5.75. The maximum atomic E-state index is 13.4. The number of aromatic nitrogens is 2. The average Bonchev–Trinajstić information content (AvgIpc) is 2.77. The molecule has 1 aromatic heterocycles. The summed E-state index contributed by atoms with van der Waals surface area (Å²) >= 11 is 1.29. The summed E-state index contributed by atoms with van der Waals surface area (Å²) in [7, 11) is 0. The predicted octanol–water partition coefficient (Wildman–Crippen LogP) is 2.42. The molecule has 0 aliphatic rings. The second-order valence-electron chi connectivity index (χ2n) is 3.96. The number of hydrogen-bond acceptors (Lipinski definition) is 5. The van der Waals surface area contributed by atoms with Gasteiger partial charge in [0.15, 0.2) is 0 Å². The molecule has 19 heavy (non-hydrogen) atoms. The van der Waals surface area contributed by atoms with Gasteiger partial charge in [0.2, 0.25) is 11.0 Å². The Morgan fingerprint density at radius 2 is 2.11 bits per heavy atom. The van der Waals surface area contributed by atoms with E-state index in [4.69, 9.17) is 0 Å². The first kappa shape index (κ1) is 13.4. The Kier molecular flexibility index (Phi) is 4.06. The van der Waals surface area contributed by atoms with Crippen molar-refractivity contribution in [2.45, 2.75) is 19.9 Å². The molecule has 0 aliphatic carbocycles. The van der Waals surface area contributed by atoms with Crippen LogP contribution < -0.4 is 10.6 Å². The SMILES string of the molecule is Cc1nnc(NC(=O)[C@H](C)Nc2ccccc2F)s1. The highest BCUT2D eigenvalue weighted by Crippen LogP contribution is 2.16. The Bertz CT molecular complexity index is 587. The first-order valence-electron chi connectivity index (χ1n) is 5.68. The fourth-order valence-electron chi connectivity index (χ4n) is 1.44. The number of carbonyl (C=O) groups excluding carboxylic acids is 1. The smallest absolute Gasteiger partial charge is 0.248 e. The highest BCUT2D eigenvalue weighted by molar-refractivity contribution is 7.15. The molecule has 2 N–H and O–H groups in total. The first-order valence-corrected chi connectivity index (χ1v) is 6.50. The molecule has 2 rings (SSSR count). The van der Waals surface area contributed by atoms with E-state index in [0.717, 1.165) is 5.01 Å². The summed E-state index contributed by atoms with van der Waals surface area (Å²) < 4.78 is 13.4. The minimum atomic E-state index is -0.582. The summed E-state index contributed by atoms with van der Waals surface area (Å²) in [5.74, 6) is -0.687. The van der Waals surface area contributed by atoms with Gasteiger partial charge in [0.25, 0.3) is 0 Å². The van der Waals surface area contributed by atoms with E-state index in [1.807, 2.05) is 0 Å². The van der Waals surface area contributed by atoms with Crippen LogP contribution in [0.25, 0.3) is 0 Å². The largest absolute Gasteiger partial charge is 0.372 e. The van der Waals surface area contributed by atoms with Crippen LogP contribution in [0.15, 0.2) is 24.3 Å². The van der Waals surface area contributed by atoms with Gasteiger partial charge in [-0.25, -0.2) is 4.39 Å². The Labute approximate surface area is 113 Å². The van der Waals surface area contributed by atoms with Crippen molar-refractivity contribution in [1.82, 2.24) is 10.2 Å². The summed E-state index contributed by atoms with van der Waals surface area (Å²) in [4.78, 5) is 11.9. The van der Waals surface area contributed by atoms with Gasteiger partial charge in [-0.15, -0.1) is 10.2 Å². The summed E-state index contributed by atoms with van der Waals surface area (Å²) in [6.07, 6.45) is 0. The minimum Gasteiger partial charge on any atom is -0.372 e. The molecule has 2 aromatic rings. The summed E-state index contributed by atoms with van der Waals surface area (Å²) in [5, 5.41) is 14.2. The van der Waals surface area contributed by atoms with Crippen molar-refractivity contribution in [3.63, 3.8) is 0 Å². The third kappa shape index (κ3) is 3.47. The van der Waals surface area contributed by atoms with Crippen molar-refractivity contribution in [2.24, 2.45) is 0 Å². The van der Waals surface area contributed by atoms with Crippen molar-refractivity contribution in [1.29, 1.82) is 0 Å². The molecule has 0 saturated heterocycles. The van der Waals surface area contributed by atoms with Crippen LogP contribution in [0.3, 0.4) is 0 Å². The number of nitrogens with one attached hydrogen (secondary N) is 2. The van der Waals surface area contributed by atoms with Crippen LogP contribution in [-0.2, 0) is 4.79 Å². The van der Waals surface area contributed by atoms with E-state index in [9.17, 15) is 9.18 Å². The number of amides is 1. The molecule has 1 atom stereocenters. The van der Waals surface area contributed by atoms with Crippen LogP contribution in [0.4, 0.5) is 15.2 Å². The maximum absolute atomic E-state index is 13.4. The Morgan fingerprint density at radius 1 is 1.37 bits per heavy atom. The van der Waals surface area contributed by atoms with Gasteiger partial charge in [-0.2, -0.15) is 0 Å². The van der Waals surface area contributed by atoms with Gasteiger partial charge in [0, 0.05) is 0 Å². The Morgan fingerprint density at radius 3 is 2.74 bits per heavy atom. The monoisotopic (exact) mass is 280 g/mol. The molecule has 0 saturated carbocycles. The average molecular weight is 280 g/mol. The number of carbonyl (C=O) groups is 1. The second-order valence-corrected chi connectivity index (χ2v) is 5.14. The van der Waals surface area contributed by atoms with E-state index in [2.05, 4.69) is 20.8 Å². The van der Waals surface area contributed by atoms with E-state index in [0.29, 0.717) is 10.8 Å². The molecular formula is C12H13FN4OS. The lowest BCUT2D eigenvalue weighted by Gasteiger charge is -2.14. The minimum absolute atomic E-state index is 0.290. The van der Waals surface area contributed by atoms with Crippen molar-refractivity contribution in [3.8, 4) is 0 Å². The Hall–Kier alpha value is -2.02. The molecule has 0 aliphatic heterocycles. The van der Waals surface area contributed by atoms with E-state index in [1.165, 1.54) is 17.4 Å². The van der Waals surface area contributed by atoms with Crippen LogP contribution in [-0.4, -0.2) is 22.1 Å². The van der Waals surface area contributed by atoms with E-state index >= 15 is 0 Å². The van der Waals surface area contributed by atoms with E-state index in [1.54, 1.807) is 32.0 Å². The molecular weight excluding hydrogens is 267 g/mol. The Balaban J connectivity index is 1.98. The van der Waals surface area contributed by atoms with Crippen molar-refractivity contribution in [3.05, 3.63) is 35.1 Å². The van der Waals surface area contributed by atoms with Gasteiger partial charge in [-0.1, -0.05) is 23.5 Å². The number of para-hydroxylation sites is 1. The molecule has 7 heteroatoms. The number of nitrogens with zero attached hydrogens (tertiary/aromatic N) is 2. The van der Waals surface area contributed by atoms with Gasteiger partial charge in [-0.05, 0) is 26.0 Å². The van der Waals surface area contributed by atoms with Crippen LogP contribution in [0.1, 0.15) is 11.9 Å². The van der Waals surface area contributed by atoms with Gasteiger partial charge in [0.1, 0.15) is 16.9 Å². The van der Waals surface area contributed by atoms with Crippen molar-refractivity contribution >= 4 is 28.1 Å². The molecule has 1 heterocycles. The van der Waals surface area contributed by atoms with Crippen LogP contribution >= 0.6 is 11.3 Å². The number of halogens is 1. The topological polar surface area (TPSA) is 66.9 Å². The van der Waals surface area contributed by atoms with Crippen LogP contribution in [0.5, 0.6) is 0 Å². The molecule has 100 valence electrons. The number of aryl methyl sites for hydroxylation is 1. The van der Waals surface area contributed by atoms with Crippen LogP contribution in [0.2, 0.25) is 0 Å². The molecule has 0 fully saturated rings. The first-order chi connectivity index (χ1) is 9.06. The highest BCUT2D eigenvalue weighted by Gasteiger charge is 2.15. The van der Waals surface area contributed by atoms with Gasteiger partial charge in [0.05, 0.1) is 5.69 Å². The fraction of sp³-hybridized carbons (Fsp3) is 0.250. The zero-order valence-electron chi connectivity index (χ0n) is 10.5. The van der Waals surface area contributed by atoms with Gasteiger partial charge < -0.3 is 5.32 Å². The third-order valence-electron chi connectivity index (χ3n) is 2.40. The number of rotatable bonds is 4. The standard InChI is InChI=1S/C12H13FN4OS/c1-7(14-10-6-4-3-5-9(10)13)11(18)15-12-17-16-8(2)19-12/h3-7,14H,1-2H3,(H,15,17,18)/t7-/m0/s1. The zero-order chi connectivity index (χ0) is 13.8. The van der Waals surface area contributed by atoms with Gasteiger partial charge in [-0.3, -0.25) is 10.1 Å². The third-order valence-corrected chi connectivity index (χ3v) is 3.15. The highest BCUT2D eigenvalue weighted by atomic mass is 32.1. The molecule has 1 amide bonds. The van der Waals surface area contributed by atoms with Crippen molar-refractivity contribution in [2.75, 3.05) is 10.6 Å². The predicted molar refractivity (Wildman–Crippen MR) is 72.8 cm³/mol. The molecule has 1 aromatic carbocycles. The van der Waals surface area contributed by atoms with Crippen molar-refractivity contribution < 1.29 is 9.18 Å². The lowest BCUT2D eigenvalue weighted by molar-refractivity contribution is -0.116. The molecule has 0 spiro atoms. The summed E-state index contributed by atoms with van der Waals surface area (Å²) in [6.45, 7) is 3.45. The van der Waals surface area contributed by atoms with E-state index < -0.39 is 11.9 Å². The lowest BCUT2D eigenvalue weighted by atomic mass is 10.2.